The lowest BCUT2D eigenvalue weighted by molar-refractivity contribution is 0.392. The highest BCUT2D eigenvalue weighted by atomic mass is 15.1. The lowest BCUT2D eigenvalue weighted by Gasteiger charge is -2.27. The first-order chi connectivity index (χ1) is 5.18. The minimum absolute atomic E-state index is 0.531. The third kappa shape index (κ3) is 3.04. The lowest BCUT2D eigenvalue weighted by atomic mass is 10.1. The molecule has 2 N–H and O–H groups in total. The summed E-state index contributed by atoms with van der Waals surface area (Å²) in [6.45, 7) is 8.64. The summed E-state index contributed by atoms with van der Waals surface area (Å²) in [6.07, 6.45) is 2.28. The Labute approximate surface area is 69.1 Å². The fourth-order valence-electron chi connectivity index (χ4n) is 1.45. The number of rotatable bonds is 1. The molecule has 1 rings (SSSR count). The van der Waals surface area contributed by atoms with E-state index in [2.05, 4.69) is 37.5 Å². The maximum absolute atomic E-state index is 3.51. The van der Waals surface area contributed by atoms with Crippen LogP contribution in [-0.4, -0.2) is 25.2 Å². The molecule has 0 amide bonds. The van der Waals surface area contributed by atoms with Crippen LogP contribution in [0, 0.1) is 0 Å². The summed E-state index contributed by atoms with van der Waals surface area (Å²) < 4.78 is 0. The molecule has 1 saturated heterocycles. The van der Waals surface area contributed by atoms with Crippen LogP contribution in [-0.2, 0) is 0 Å². The van der Waals surface area contributed by atoms with Gasteiger partial charge in [0.25, 0.3) is 0 Å². The Morgan fingerprint density at radius 3 is 2.64 bits per heavy atom. The van der Waals surface area contributed by atoms with E-state index in [0.717, 1.165) is 13.1 Å². The SMILES string of the molecule is CC(C)=C[C@H]1CNC[C@@H](C)N1. The number of allylic oxidation sites excluding steroid dienone is 1. The molecule has 0 aromatic rings. The van der Waals surface area contributed by atoms with Crippen molar-refractivity contribution in [2.24, 2.45) is 0 Å². The summed E-state index contributed by atoms with van der Waals surface area (Å²) in [5, 5.41) is 6.89. The number of nitrogens with one attached hydrogen (secondary N) is 2. The number of piperazine rings is 1. The molecule has 2 atom stereocenters. The van der Waals surface area contributed by atoms with E-state index in [0.29, 0.717) is 12.1 Å². The summed E-state index contributed by atoms with van der Waals surface area (Å²) in [7, 11) is 0. The van der Waals surface area contributed by atoms with Gasteiger partial charge < -0.3 is 10.6 Å². The van der Waals surface area contributed by atoms with Crippen LogP contribution in [0.3, 0.4) is 0 Å². The maximum Gasteiger partial charge on any atom is 0.0381 e. The van der Waals surface area contributed by atoms with Crippen molar-refractivity contribution in [3.05, 3.63) is 11.6 Å². The van der Waals surface area contributed by atoms with Crippen LogP contribution in [0.25, 0.3) is 0 Å². The van der Waals surface area contributed by atoms with Gasteiger partial charge >= 0.3 is 0 Å². The molecule has 0 saturated carbocycles. The third-order valence-electron chi connectivity index (χ3n) is 1.85. The van der Waals surface area contributed by atoms with Crippen molar-refractivity contribution in [3.8, 4) is 0 Å². The Morgan fingerprint density at radius 2 is 2.09 bits per heavy atom. The second kappa shape index (κ2) is 3.88. The van der Waals surface area contributed by atoms with Gasteiger partial charge in [-0.3, -0.25) is 0 Å². The molecule has 0 aliphatic carbocycles. The van der Waals surface area contributed by atoms with Crippen LogP contribution in [0.5, 0.6) is 0 Å². The van der Waals surface area contributed by atoms with E-state index in [1.807, 2.05) is 0 Å². The van der Waals surface area contributed by atoms with Crippen molar-refractivity contribution in [3.63, 3.8) is 0 Å². The van der Waals surface area contributed by atoms with Crippen LogP contribution in [0.4, 0.5) is 0 Å². The van der Waals surface area contributed by atoms with Crippen LogP contribution in [0.1, 0.15) is 20.8 Å². The average molecular weight is 154 g/mol. The molecular weight excluding hydrogens is 136 g/mol. The molecule has 0 radical (unpaired) electrons. The summed E-state index contributed by atoms with van der Waals surface area (Å²) in [4.78, 5) is 0. The number of hydrogen-bond acceptors (Lipinski definition) is 2. The zero-order chi connectivity index (χ0) is 8.27. The van der Waals surface area contributed by atoms with Crippen molar-refractivity contribution >= 4 is 0 Å². The normalized spacial score (nSPS) is 31.5. The first-order valence-electron chi connectivity index (χ1n) is 4.30. The molecule has 2 nitrogen and oxygen atoms in total. The van der Waals surface area contributed by atoms with E-state index >= 15 is 0 Å². The summed E-state index contributed by atoms with van der Waals surface area (Å²) >= 11 is 0. The number of hydrogen-bond donors (Lipinski definition) is 2. The summed E-state index contributed by atoms with van der Waals surface area (Å²) in [5.74, 6) is 0. The summed E-state index contributed by atoms with van der Waals surface area (Å²) in [5.41, 5.74) is 1.39. The molecule has 11 heavy (non-hydrogen) atoms. The van der Waals surface area contributed by atoms with Crippen molar-refractivity contribution in [1.82, 2.24) is 10.6 Å². The minimum Gasteiger partial charge on any atom is -0.313 e. The first kappa shape index (κ1) is 8.75. The molecular formula is C9H18N2. The third-order valence-corrected chi connectivity index (χ3v) is 1.85. The maximum atomic E-state index is 3.51. The molecule has 0 aromatic heterocycles. The van der Waals surface area contributed by atoms with Crippen LogP contribution < -0.4 is 10.6 Å². The molecule has 1 aliphatic rings. The fourth-order valence-corrected chi connectivity index (χ4v) is 1.45. The molecule has 2 heteroatoms. The highest BCUT2D eigenvalue weighted by molar-refractivity contribution is 5.03. The van der Waals surface area contributed by atoms with Gasteiger partial charge in [0.05, 0.1) is 0 Å². The first-order valence-corrected chi connectivity index (χ1v) is 4.30. The Hall–Kier alpha value is -0.340. The molecule has 64 valence electrons. The second-order valence-electron chi connectivity index (χ2n) is 3.58. The zero-order valence-electron chi connectivity index (χ0n) is 7.65. The molecule has 0 spiro atoms. The van der Waals surface area contributed by atoms with E-state index in [-0.39, 0.29) is 0 Å². The topological polar surface area (TPSA) is 24.1 Å². The highest BCUT2D eigenvalue weighted by Gasteiger charge is 2.13. The van der Waals surface area contributed by atoms with E-state index in [1.165, 1.54) is 5.57 Å². The van der Waals surface area contributed by atoms with Crippen LogP contribution in [0.15, 0.2) is 11.6 Å². The van der Waals surface area contributed by atoms with Crippen molar-refractivity contribution in [1.29, 1.82) is 0 Å². The molecule has 1 aliphatic heterocycles. The van der Waals surface area contributed by atoms with Gasteiger partial charge in [0.2, 0.25) is 0 Å². The Kier molecular flexibility index (Phi) is 3.09. The fraction of sp³-hybridized carbons (Fsp3) is 0.778. The van der Waals surface area contributed by atoms with Crippen LogP contribution >= 0.6 is 0 Å². The van der Waals surface area contributed by atoms with Gasteiger partial charge in [-0.2, -0.15) is 0 Å². The standard InChI is InChI=1S/C9H18N2/c1-7(2)4-9-6-10-5-8(3)11-9/h4,8-11H,5-6H2,1-3H3/t8-,9+/m1/s1. The van der Waals surface area contributed by atoms with E-state index in [4.69, 9.17) is 0 Å². The Bertz CT molecular complexity index is 148. The van der Waals surface area contributed by atoms with Crippen LogP contribution in [0.2, 0.25) is 0 Å². The lowest BCUT2D eigenvalue weighted by Crippen LogP contribution is -2.52. The van der Waals surface area contributed by atoms with Gasteiger partial charge in [0, 0.05) is 25.2 Å². The molecule has 0 bridgehead atoms. The predicted octanol–water partition coefficient (Wildman–Crippen LogP) is 0.902. The minimum atomic E-state index is 0.531. The van der Waals surface area contributed by atoms with Gasteiger partial charge in [0.1, 0.15) is 0 Å². The second-order valence-corrected chi connectivity index (χ2v) is 3.58. The smallest absolute Gasteiger partial charge is 0.0381 e. The van der Waals surface area contributed by atoms with E-state index in [9.17, 15) is 0 Å². The largest absolute Gasteiger partial charge is 0.313 e. The molecule has 1 heterocycles. The average Bonchev–Trinajstić information content (AvgIpc) is 1.85. The highest BCUT2D eigenvalue weighted by Crippen LogP contribution is 1.98. The Morgan fingerprint density at radius 1 is 1.36 bits per heavy atom. The zero-order valence-corrected chi connectivity index (χ0v) is 7.65. The summed E-state index contributed by atoms with van der Waals surface area (Å²) in [6, 6.07) is 1.13. The van der Waals surface area contributed by atoms with Crippen molar-refractivity contribution < 1.29 is 0 Å². The van der Waals surface area contributed by atoms with E-state index < -0.39 is 0 Å². The van der Waals surface area contributed by atoms with Crippen molar-refractivity contribution in [2.45, 2.75) is 32.9 Å². The van der Waals surface area contributed by atoms with Gasteiger partial charge in [-0.15, -0.1) is 0 Å². The molecule has 0 aromatic carbocycles. The predicted molar refractivity (Wildman–Crippen MR) is 48.7 cm³/mol. The monoisotopic (exact) mass is 154 g/mol. The molecule has 1 fully saturated rings. The van der Waals surface area contributed by atoms with E-state index in [1.54, 1.807) is 0 Å². The Balaban J connectivity index is 2.40. The van der Waals surface area contributed by atoms with Gasteiger partial charge in [0.15, 0.2) is 0 Å². The molecule has 0 unspecified atom stereocenters. The van der Waals surface area contributed by atoms with Gasteiger partial charge in [-0.1, -0.05) is 11.6 Å². The van der Waals surface area contributed by atoms with Gasteiger partial charge in [-0.05, 0) is 20.8 Å². The van der Waals surface area contributed by atoms with Gasteiger partial charge in [-0.25, -0.2) is 0 Å². The van der Waals surface area contributed by atoms with Crippen molar-refractivity contribution in [2.75, 3.05) is 13.1 Å². The quantitative estimate of drug-likeness (QED) is 0.548.